The first-order valence-electron chi connectivity index (χ1n) is 8.42. The lowest BCUT2D eigenvalue weighted by Crippen LogP contribution is -2.18. The molecule has 5 nitrogen and oxygen atoms in total. The van der Waals surface area contributed by atoms with Crippen LogP contribution in [-0.4, -0.2) is 35.7 Å². The largest absolute Gasteiger partial charge is 0.486 e. The van der Waals surface area contributed by atoms with Crippen LogP contribution >= 0.6 is 39.0 Å². The van der Waals surface area contributed by atoms with Gasteiger partial charge in [-0.1, -0.05) is 27.3 Å². The van der Waals surface area contributed by atoms with E-state index in [0.717, 1.165) is 27.0 Å². The molecule has 0 unspecified atom stereocenters. The zero-order valence-electron chi connectivity index (χ0n) is 14.6. The number of hydrogen-bond acceptors (Lipinski definition) is 5. The van der Waals surface area contributed by atoms with E-state index >= 15 is 0 Å². The minimum absolute atomic E-state index is 0.282. The number of benzene rings is 2. The molecule has 2 aromatic carbocycles. The SMILES string of the molecule is CSCCn1c(=NC(=O)c2ccc3c(c2)OCCO3)sc2cc(Br)ccc21. The van der Waals surface area contributed by atoms with Crippen LogP contribution in [-0.2, 0) is 6.54 Å². The number of amides is 1. The van der Waals surface area contributed by atoms with Crippen molar-refractivity contribution in [3.8, 4) is 11.5 Å². The molecule has 1 aliphatic rings. The quantitative estimate of drug-likeness (QED) is 0.576. The number of nitrogens with zero attached hydrogens (tertiary/aromatic N) is 2. The molecule has 0 aliphatic carbocycles. The Labute approximate surface area is 173 Å². The maximum atomic E-state index is 12.8. The fraction of sp³-hybridized carbons (Fsp3) is 0.263. The number of fused-ring (bicyclic) bond motifs is 2. The van der Waals surface area contributed by atoms with Gasteiger partial charge in [-0.3, -0.25) is 4.79 Å². The van der Waals surface area contributed by atoms with Gasteiger partial charge in [-0.2, -0.15) is 16.8 Å². The van der Waals surface area contributed by atoms with Crippen molar-refractivity contribution in [2.75, 3.05) is 25.2 Å². The smallest absolute Gasteiger partial charge is 0.279 e. The lowest BCUT2D eigenvalue weighted by atomic mass is 10.2. The Morgan fingerprint density at radius 2 is 2.04 bits per heavy atom. The summed E-state index contributed by atoms with van der Waals surface area (Å²) in [6, 6.07) is 11.3. The van der Waals surface area contributed by atoms with Crippen LogP contribution in [0.5, 0.6) is 11.5 Å². The van der Waals surface area contributed by atoms with Gasteiger partial charge in [0, 0.05) is 22.3 Å². The number of rotatable bonds is 4. The average Bonchev–Trinajstić information content (AvgIpc) is 3.01. The first-order valence-corrected chi connectivity index (χ1v) is 11.4. The second kappa shape index (κ2) is 8.08. The number of aromatic nitrogens is 1. The molecule has 0 saturated heterocycles. The fourth-order valence-corrected chi connectivity index (χ4v) is 4.83. The molecule has 0 atom stereocenters. The molecule has 0 radical (unpaired) electrons. The van der Waals surface area contributed by atoms with Gasteiger partial charge in [0.15, 0.2) is 16.3 Å². The molecule has 140 valence electrons. The molecule has 0 bridgehead atoms. The molecule has 0 N–H and O–H groups in total. The van der Waals surface area contributed by atoms with Gasteiger partial charge in [0.25, 0.3) is 5.91 Å². The predicted molar refractivity (Wildman–Crippen MR) is 113 cm³/mol. The number of ether oxygens (including phenoxy) is 2. The normalized spacial score (nSPS) is 13.9. The molecule has 1 aromatic heterocycles. The summed E-state index contributed by atoms with van der Waals surface area (Å²) in [4.78, 5) is 17.9. The molecule has 2 heterocycles. The van der Waals surface area contributed by atoms with Crippen LogP contribution in [0, 0.1) is 0 Å². The summed E-state index contributed by atoms with van der Waals surface area (Å²) in [6.45, 7) is 1.81. The van der Waals surface area contributed by atoms with Gasteiger partial charge in [0.05, 0.1) is 10.2 Å². The van der Waals surface area contributed by atoms with E-state index in [1.165, 1.54) is 11.3 Å². The first-order chi connectivity index (χ1) is 13.2. The van der Waals surface area contributed by atoms with E-state index in [9.17, 15) is 4.79 Å². The van der Waals surface area contributed by atoms with Crippen LogP contribution in [0.15, 0.2) is 45.9 Å². The van der Waals surface area contributed by atoms with Crippen LogP contribution in [0.1, 0.15) is 10.4 Å². The third-order valence-electron chi connectivity index (χ3n) is 4.15. The van der Waals surface area contributed by atoms with Crippen molar-refractivity contribution in [3.05, 3.63) is 51.2 Å². The number of hydrogen-bond donors (Lipinski definition) is 0. The number of thioether (sulfide) groups is 1. The number of carbonyl (C=O) groups is 1. The van der Waals surface area contributed by atoms with E-state index in [2.05, 4.69) is 43.9 Å². The maximum Gasteiger partial charge on any atom is 0.279 e. The Morgan fingerprint density at radius 3 is 2.85 bits per heavy atom. The molecule has 1 amide bonds. The lowest BCUT2D eigenvalue weighted by molar-refractivity contribution is 0.0996. The number of carbonyl (C=O) groups excluding carboxylic acids is 1. The highest BCUT2D eigenvalue weighted by molar-refractivity contribution is 9.10. The van der Waals surface area contributed by atoms with Crippen LogP contribution in [0.2, 0.25) is 0 Å². The van der Waals surface area contributed by atoms with Crippen molar-refractivity contribution in [1.82, 2.24) is 4.57 Å². The van der Waals surface area contributed by atoms with Gasteiger partial charge in [0.2, 0.25) is 0 Å². The Balaban J connectivity index is 1.76. The van der Waals surface area contributed by atoms with E-state index < -0.39 is 0 Å². The van der Waals surface area contributed by atoms with Gasteiger partial charge in [-0.15, -0.1) is 0 Å². The van der Waals surface area contributed by atoms with Crippen molar-refractivity contribution in [2.24, 2.45) is 4.99 Å². The zero-order valence-corrected chi connectivity index (χ0v) is 17.8. The molecule has 4 rings (SSSR count). The summed E-state index contributed by atoms with van der Waals surface area (Å²) in [5, 5.41) is 0. The van der Waals surface area contributed by atoms with E-state index in [-0.39, 0.29) is 5.91 Å². The summed E-state index contributed by atoms with van der Waals surface area (Å²) in [5.41, 5.74) is 1.58. The molecular formula is C19H17BrN2O3S2. The summed E-state index contributed by atoms with van der Waals surface area (Å²) >= 11 is 6.80. The van der Waals surface area contributed by atoms with Crippen molar-refractivity contribution >= 4 is 55.2 Å². The van der Waals surface area contributed by atoms with Crippen molar-refractivity contribution in [2.45, 2.75) is 6.54 Å². The fourth-order valence-electron chi connectivity index (χ4n) is 2.86. The van der Waals surface area contributed by atoms with Gasteiger partial charge >= 0.3 is 0 Å². The van der Waals surface area contributed by atoms with Gasteiger partial charge in [0.1, 0.15) is 13.2 Å². The van der Waals surface area contributed by atoms with Gasteiger partial charge in [-0.25, -0.2) is 0 Å². The molecule has 3 aromatic rings. The molecule has 27 heavy (non-hydrogen) atoms. The molecule has 0 saturated carbocycles. The third kappa shape index (κ3) is 3.93. The molecule has 8 heteroatoms. The van der Waals surface area contributed by atoms with Crippen LogP contribution in [0.25, 0.3) is 10.2 Å². The second-order valence-electron chi connectivity index (χ2n) is 5.92. The summed E-state index contributed by atoms with van der Waals surface area (Å²) in [7, 11) is 0. The number of aryl methyl sites for hydroxylation is 1. The van der Waals surface area contributed by atoms with E-state index in [4.69, 9.17) is 9.47 Å². The monoisotopic (exact) mass is 464 g/mol. The Hall–Kier alpha value is -1.77. The first kappa shape index (κ1) is 18.6. The summed E-state index contributed by atoms with van der Waals surface area (Å²) in [5.74, 6) is 1.93. The van der Waals surface area contributed by atoms with Crippen LogP contribution < -0.4 is 14.3 Å². The van der Waals surface area contributed by atoms with Gasteiger partial charge in [-0.05, 0) is 42.7 Å². The van der Waals surface area contributed by atoms with E-state index in [0.29, 0.717) is 35.1 Å². The highest BCUT2D eigenvalue weighted by Gasteiger charge is 2.15. The third-order valence-corrected chi connectivity index (χ3v) is 6.28. The van der Waals surface area contributed by atoms with Gasteiger partial charge < -0.3 is 14.0 Å². The van der Waals surface area contributed by atoms with Crippen LogP contribution in [0.4, 0.5) is 0 Å². The summed E-state index contributed by atoms with van der Waals surface area (Å²) < 4.78 is 15.3. The highest BCUT2D eigenvalue weighted by atomic mass is 79.9. The molecule has 0 spiro atoms. The van der Waals surface area contributed by atoms with Crippen molar-refractivity contribution < 1.29 is 14.3 Å². The minimum atomic E-state index is -0.282. The number of halogens is 1. The zero-order chi connectivity index (χ0) is 18.8. The average molecular weight is 465 g/mol. The molecular weight excluding hydrogens is 448 g/mol. The Bertz CT molecular complexity index is 1070. The minimum Gasteiger partial charge on any atom is -0.486 e. The summed E-state index contributed by atoms with van der Waals surface area (Å²) in [6.07, 6.45) is 2.07. The van der Waals surface area contributed by atoms with Crippen LogP contribution in [0.3, 0.4) is 0 Å². The second-order valence-corrected chi connectivity index (χ2v) is 8.83. The van der Waals surface area contributed by atoms with Crippen molar-refractivity contribution in [3.63, 3.8) is 0 Å². The predicted octanol–water partition coefficient (Wildman–Crippen LogP) is 4.34. The maximum absolute atomic E-state index is 12.8. The lowest BCUT2D eigenvalue weighted by Gasteiger charge is -2.18. The standard InChI is InChI=1S/C19H17BrN2O3S2/c1-26-9-6-22-14-4-3-13(20)11-17(14)27-19(22)21-18(23)12-2-5-15-16(10-12)25-8-7-24-15/h2-5,10-11H,6-9H2,1H3. The Morgan fingerprint density at radius 1 is 1.22 bits per heavy atom. The van der Waals surface area contributed by atoms with E-state index in [1.54, 1.807) is 30.0 Å². The number of thiazole rings is 1. The Kier molecular flexibility index (Phi) is 5.56. The highest BCUT2D eigenvalue weighted by Crippen LogP contribution is 2.31. The van der Waals surface area contributed by atoms with Crippen molar-refractivity contribution in [1.29, 1.82) is 0 Å². The molecule has 1 aliphatic heterocycles. The van der Waals surface area contributed by atoms with E-state index in [1.807, 2.05) is 6.07 Å². The molecule has 0 fully saturated rings. The topological polar surface area (TPSA) is 52.8 Å².